The summed E-state index contributed by atoms with van der Waals surface area (Å²) in [4.78, 5) is 11.4. The minimum Gasteiger partial charge on any atom is -0.258 e. The minimum atomic E-state index is -3.80. The van der Waals surface area contributed by atoms with Crippen LogP contribution in [0.2, 0.25) is 0 Å². The summed E-state index contributed by atoms with van der Waals surface area (Å²) in [5.41, 5.74) is 0.684. The molecule has 1 atom stereocenters. The molecule has 1 fully saturated rings. The van der Waals surface area contributed by atoms with Crippen LogP contribution in [0.1, 0.15) is 25.3 Å². The van der Waals surface area contributed by atoms with Gasteiger partial charge in [0.15, 0.2) is 0 Å². The number of nitro benzene ring substituents is 1. The van der Waals surface area contributed by atoms with Crippen molar-refractivity contribution >= 4 is 27.5 Å². The minimum absolute atomic E-state index is 0.0773. The number of nitro groups is 1. The number of benzene rings is 2. The third kappa shape index (κ3) is 4.81. The van der Waals surface area contributed by atoms with E-state index in [4.69, 9.17) is 0 Å². The second-order valence-corrected chi connectivity index (χ2v) is 10.7. The Morgan fingerprint density at radius 3 is 2.72 bits per heavy atom. The van der Waals surface area contributed by atoms with Gasteiger partial charge in [-0.1, -0.05) is 37.3 Å². The summed E-state index contributed by atoms with van der Waals surface area (Å²) in [6, 6.07) is 13.6. The van der Waals surface area contributed by atoms with Gasteiger partial charge in [-0.25, -0.2) is 13.1 Å². The molecule has 4 rings (SSSR count). The highest BCUT2D eigenvalue weighted by Crippen LogP contribution is 2.36. The Morgan fingerprint density at radius 2 is 2.00 bits per heavy atom. The molecule has 0 N–H and O–H groups in total. The van der Waals surface area contributed by atoms with E-state index in [-0.39, 0.29) is 21.4 Å². The van der Waals surface area contributed by atoms with Crippen LogP contribution in [-0.2, 0) is 16.6 Å². The lowest BCUT2D eigenvalue weighted by Gasteiger charge is -2.30. The summed E-state index contributed by atoms with van der Waals surface area (Å²) in [5, 5.41) is 23.8. The smallest absolute Gasteiger partial charge is 0.258 e. The summed E-state index contributed by atoms with van der Waals surface area (Å²) in [6.07, 6.45) is 1.75. The highest BCUT2D eigenvalue weighted by Gasteiger charge is 2.31. The average molecular weight is 475 g/mol. The van der Waals surface area contributed by atoms with E-state index in [0.29, 0.717) is 24.8 Å². The van der Waals surface area contributed by atoms with Crippen molar-refractivity contribution in [2.45, 2.75) is 41.3 Å². The first-order chi connectivity index (χ1) is 15.3. The number of sulfonamides is 1. The SMILES string of the molecule is CC1CCCN(S(=O)(=O)c2ccc(Sc3nnnn3Cc3ccccc3)c([N+](=O)[O-])c2)C1. The zero-order valence-corrected chi connectivity index (χ0v) is 19.0. The van der Waals surface area contributed by atoms with E-state index in [1.165, 1.54) is 16.4 Å². The Morgan fingerprint density at radius 1 is 1.22 bits per heavy atom. The van der Waals surface area contributed by atoms with Gasteiger partial charge in [-0.2, -0.15) is 4.31 Å². The lowest BCUT2D eigenvalue weighted by Crippen LogP contribution is -2.39. The van der Waals surface area contributed by atoms with E-state index in [1.807, 2.05) is 37.3 Å². The highest BCUT2D eigenvalue weighted by molar-refractivity contribution is 7.99. The van der Waals surface area contributed by atoms with Gasteiger partial charge in [-0.15, -0.1) is 5.10 Å². The summed E-state index contributed by atoms with van der Waals surface area (Å²) in [5.74, 6) is 0.256. The summed E-state index contributed by atoms with van der Waals surface area (Å²) in [6.45, 7) is 3.25. The van der Waals surface area contributed by atoms with Crippen LogP contribution < -0.4 is 0 Å². The number of hydrogen-bond acceptors (Lipinski definition) is 8. The largest absolute Gasteiger partial charge is 0.284 e. The quantitative estimate of drug-likeness (QED) is 0.378. The number of nitrogens with zero attached hydrogens (tertiary/aromatic N) is 6. The van der Waals surface area contributed by atoms with Gasteiger partial charge in [0.2, 0.25) is 15.2 Å². The molecule has 3 aromatic rings. The first-order valence-corrected chi connectivity index (χ1v) is 12.4. The Labute approximate surface area is 189 Å². The van der Waals surface area contributed by atoms with Gasteiger partial charge in [0.05, 0.1) is 21.3 Å². The fourth-order valence-electron chi connectivity index (χ4n) is 3.62. The van der Waals surface area contributed by atoms with E-state index in [1.54, 1.807) is 4.68 Å². The first-order valence-electron chi connectivity index (χ1n) is 10.1. The van der Waals surface area contributed by atoms with Gasteiger partial charge < -0.3 is 0 Å². The molecule has 32 heavy (non-hydrogen) atoms. The monoisotopic (exact) mass is 474 g/mol. The van der Waals surface area contributed by atoms with Crippen molar-refractivity contribution in [1.82, 2.24) is 24.5 Å². The average Bonchev–Trinajstić information content (AvgIpc) is 3.21. The van der Waals surface area contributed by atoms with Gasteiger partial charge in [0.25, 0.3) is 5.69 Å². The topological polar surface area (TPSA) is 124 Å². The standard InChI is InChI=1S/C20H22N6O4S2/c1-15-6-5-11-24(13-15)32(29,30)17-9-10-19(18(12-17)26(27)28)31-20-21-22-23-25(20)14-16-7-3-2-4-8-16/h2-4,7-10,12,15H,5-6,11,13-14H2,1H3. The molecule has 168 valence electrons. The molecule has 10 nitrogen and oxygen atoms in total. The summed E-state index contributed by atoms with van der Waals surface area (Å²) >= 11 is 1.03. The maximum absolute atomic E-state index is 13.1. The molecule has 1 saturated heterocycles. The van der Waals surface area contributed by atoms with E-state index in [0.717, 1.165) is 36.2 Å². The van der Waals surface area contributed by atoms with Crippen LogP contribution in [0.3, 0.4) is 0 Å². The molecule has 0 spiro atoms. The van der Waals surface area contributed by atoms with Gasteiger partial charge in [-0.3, -0.25) is 10.1 Å². The van der Waals surface area contributed by atoms with Crippen LogP contribution in [-0.4, -0.2) is 50.9 Å². The van der Waals surface area contributed by atoms with Gasteiger partial charge >= 0.3 is 0 Å². The molecule has 1 aliphatic heterocycles. The van der Waals surface area contributed by atoms with Crippen LogP contribution in [0.15, 0.2) is 63.5 Å². The Balaban J connectivity index is 1.61. The fraction of sp³-hybridized carbons (Fsp3) is 0.350. The lowest BCUT2D eigenvalue weighted by molar-refractivity contribution is -0.388. The Bertz CT molecular complexity index is 1220. The van der Waals surface area contributed by atoms with E-state index < -0.39 is 14.9 Å². The molecule has 0 saturated carbocycles. The second kappa shape index (κ2) is 9.35. The van der Waals surface area contributed by atoms with E-state index in [9.17, 15) is 18.5 Å². The Kier molecular flexibility index (Phi) is 6.53. The number of aromatic nitrogens is 4. The summed E-state index contributed by atoms with van der Waals surface area (Å²) < 4.78 is 29.1. The van der Waals surface area contributed by atoms with Crippen LogP contribution in [0.4, 0.5) is 5.69 Å². The number of piperidine rings is 1. The molecule has 0 amide bonds. The van der Waals surface area contributed by atoms with Gasteiger partial charge in [0, 0.05) is 19.2 Å². The number of hydrogen-bond donors (Lipinski definition) is 0. The van der Waals surface area contributed by atoms with Crippen molar-refractivity contribution in [3.8, 4) is 0 Å². The molecule has 1 unspecified atom stereocenters. The predicted molar refractivity (Wildman–Crippen MR) is 118 cm³/mol. The predicted octanol–water partition coefficient (Wildman–Crippen LogP) is 3.20. The van der Waals surface area contributed by atoms with Crippen LogP contribution in [0.5, 0.6) is 0 Å². The van der Waals surface area contributed by atoms with Crippen molar-refractivity contribution in [1.29, 1.82) is 0 Å². The van der Waals surface area contributed by atoms with Crippen molar-refractivity contribution in [2.75, 3.05) is 13.1 Å². The molecule has 12 heteroatoms. The third-order valence-corrected chi connectivity index (χ3v) is 8.16. The molecule has 2 heterocycles. The van der Waals surface area contributed by atoms with Crippen molar-refractivity contribution in [3.63, 3.8) is 0 Å². The van der Waals surface area contributed by atoms with Crippen LogP contribution in [0.25, 0.3) is 0 Å². The fourth-order valence-corrected chi connectivity index (χ4v) is 6.10. The molecule has 1 aromatic heterocycles. The Hall–Kier alpha value is -2.83. The normalized spacial score (nSPS) is 17.3. The van der Waals surface area contributed by atoms with Gasteiger partial charge in [0.1, 0.15) is 0 Å². The molecule has 2 aromatic carbocycles. The van der Waals surface area contributed by atoms with E-state index in [2.05, 4.69) is 15.5 Å². The molecule has 0 aliphatic carbocycles. The molecule has 0 radical (unpaired) electrons. The molecular weight excluding hydrogens is 452 g/mol. The lowest BCUT2D eigenvalue weighted by atomic mass is 10.0. The van der Waals surface area contributed by atoms with Crippen LogP contribution >= 0.6 is 11.8 Å². The second-order valence-electron chi connectivity index (χ2n) is 7.70. The third-order valence-electron chi connectivity index (χ3n) is 5.26. The molecule has 1 aliphatic rings. The van der Waals surface area contributed by atoms with Crippen LogP contribution in [0, 0.1) is 16.0 Å². The van der Waals surface area contributed by atoms with Crippen molar-refractivity contribution in [2.24, 2.45) is 5.92 Å². The van der Waals surface area contributed by atoms with Crippen molar-refractivity contribution in [3.05, 3.63) is 64.2 Å². The zero-order valence-electron chi connectivity index (χ0n) is 17.4. The zero-order chi connectivity index (χ0) is 22.7. The molecular formula is C20H22N6O4S2. The first kappa shape index (κ1) is 22.4. The number of rotatable bonds is 7. The van der Waals surface area contributed by atoms with Crippen molar-refractivity contribution < 1.29 is 13.3 Å². The maximum Gasteiger partial charge on any atom is 0.284 e. The highest BCUT2D eigenvalue weighted by atomic mass is 32.2. The van der Waals surface area contributed by atoms with E-state index >= 15 is 0 Å². The summed E-state index contributed by atoms with van der Waals surface area (Å²) in [7, 11) is -3.80. The molecule has 0 bridgehead atoms. The number of tetrazole rings is 1. The van der Waals surface area contributed by atoms with Gasteiger partial charge in [-0.05, 0) is 58.6 Å². The maximum atomic E-state index is 13.1.